The molecular formula is C11H21NO2S. The minimum Gasteiger partial charge on any atom is -0.379 e. The van der Waals surface area contributed by atoms with Crippen LogP contribution in [0.1, 0.15) is 19.3 Å². The number of rotatable bonds is 5. The summed E-state index contributed by atoms with van der Waals surface area (Å²) in [5, 5.41) is 0. The number of ether oxygens (including phenoxy) is 2. The molecule has 2 unspecified atom stereocenters. The molecule has 1 saturated heterocycles. The molecule has 1 aliphatic heterocycles. The summed E-state index contributed by atoms with van der Waals surface area (Å²) < 4.78 is 11.2. The molecular weight excluding hydrogens is 210 g/mol. The average molecular weight is 231 g/mol. The van der Waals surface area contributed by atoms with Gasteiger partial charge in [0.2, 0.25) is 0 Å². The van der Waals surface area contributed by atoms with Crippen LogP contribution in [0.2, 0.25) is 0 Å². The summed E-state index contributed by atoms with van der Waals surface area (Å²) in [6, 6.07) is 0.665. The van der Waals surface area contributed by atoms with Gasteiger partial charge in [-0.2, -0.15) is 12.6 Å². The third-order valence-electron chi connectivity index (χ3n) is 3.36. The normalized spacial score (nSPS) is 31.8. The highest BCUT2D eigenvalue weighted by Gasteiger charge is 2.35. The minimum atomic E-state index is 0.503. The predicted molar refractivity (Wildman–Crippen MR) is 63.6 cm³/mol. The van der Waals surface area contributed by atoms with Crippen LogP contribution < -0.4 is 0 Å². The molecule has 4 heteroatoms. The van der Waals surface area contributed by atoms with E-state index in [0.717, 1.165) is 38.7 Å². The molecule has 0 amide bonds. The standard InChI is InChI=1S/C11H21NO2S/c15-9-8-13-6-4-12-5-7-14-11-3-1-2-10(11)12/h10-11,15H,1-9H2. The molecule has 0 radical (unpaired) electrons. The zero-order chi connectivity index (χ0) is 10.5. The van der Waals surface area contributed by atoms with Gasteiger partial charge in [0, 0.05) is 24.9 Å². The predicted octanol–water partition coefficient (Wildman–Crippen LogP) is 1.19. The van der Waals surface area contributed by atoms with Gasteiger partial charge in [0.15, 0.2) is 0 Å². The second kappa shape index (κ2) is 6.09. The van der Waals surface area contributed by atoms with Crippen LogP contribution in [0, 0.1) is 0 Å². The maximum absolute atomic E-state index is 5.76. The number of thiol groups is 1. The van der Waals surface area contributed by atoms with Crippen LogP contribution in [-0.4, -0.2) is 55.7 Å². The Morgan fingerprint density at radius 2 is 2.27 bits per heavy atom. The van der Waals surface area contributed by atoms with E-state index in [9.17, 15) is 0 Å². The van der Waals surface area contributed by atoms with Crippen LogP contribution in [0.3, 0.4) is 0 Å². The zero-order valence-corrected chi connectivity index (χ0v) is 10.1. The molecule has 15 heavy (non-hydrogen) atoms. The van der Waals surface area contributed by atoms with E-state index in [1.165, 1.54) is 19.3 Å². The van der Waals surface area contributed by atoms with E-state index in [1.54, 1.807) is 0 Å². The van der Waals surface area contributed by atoms with Crippen molar-refractivity contribution in [3.05, 3.63) is 0 Å². The Morgan fingerprint density at radius 3 is 3.13 bits per heavy atom. The van der Waals surface area contributed by atoms with Crippen molar-refractivity contribution in [3.63, 3.8) is 0 Å². The molecule has 88 valence electrons. The van der Waals surface area contributed by atoms with Crippen molar-refractivity contribution in [2.75, 3.05) is 38.7 Å². The van der Waals surface area contributed by atoms with Gasteiger partial charge in [-0.05, 0) is 19.3 Å². The molecule has 1 saturated carbocycles. The average Bonchev–Trinajstić information content (AvgIpc) is 2.73. The van der Waals surface area contributed by atoms with Crippen LogP contribution >= 0.6 is 12.6 Å². The fourth-order valence-corrected chi connectivity index (χ4v) is 2.76. The molecule has 2 rings (SSSR count). The van der Waals surface area contributed by atoms with Gasteiger partial charge in [-0.15, -0.1) is 0 Å². The monoisotopic (exact) mass is 231 g/mol. The van der Waals surface area contributed by atoms with Crippen molar-refractivity contribution >= 4 is 12.6 Å². The van der Waals surface area contributed by atoms with Crippen molar-refractivity contribution in [1.29, 1.82) is 0 Å². The smallest absolute Gasteiger partial charge is 0.0730 e. The summed E-state index contributed by atoms with van der Waals surface area (Å²) in [6.45, 7) is 4.63. The zero-order valence-electron chi connectivity index (χ0n) is 9.23. The molecule has 0 bridgehead atoms. The van der Waals surface area contributed by atoms with E-state index < -0.39 is 0 Å². The van der Waals surface area contributed by atoms with E-state index in [1.807, 2.05) is 0 Å². The minimum absolute atomic E-state index is 0.503. The van der Waals surface area contributed by atoms with Gasteiger partial charge in [-0.1, -0.05) is 0 Å². The molecule has 0 aromatic rings. The van der Waals surface area contributed by atoms with Crippen molar-refractivity contribution < 1.29 is 9.47 Å². The van der Waals surface area contributed by atoms with Crippen LogP contribution in [-0.2, 0) is 9.47 Å². The molecule has 0 spiro atoms. The van der Waals surface area contributed by atoms with Crippen molar-refractivity contribution in [2.24, 2.45) is 0 Å². The van der Waals surface area contributed by atoms with E-state index in [2.05, 4.69) is 17.5 Å². The third kappa shape index (κ3) is 3.09. The molecule has 3 nitrogen and oxygen atoms in total. The fraction of sp³-hybridized carbons (Fsp3) is 1.00. The molecule has 2 aliphatic rings. The quantitative estimate of drug-likeness (QED) is 0.567. The van der Waals surface area contributed by atoms with Gasteiger partial charge in [-0.3, -0.25) is 4.90 Å². The lowest BCUT2D eigenvalue weighted by Gasteiger charge is -2.37. The highest BCUT2D eigenvalue weighted by Crippen LogP contribution is 2.29. The summed E-state index contributed by atoms with van der Waals surface area (Å²) in [5.41, 5.74) is 0. The first-order valence-corrected chi connectivity index (χ1v) is 6.59. The van der Waals surface area contributed by atoms with Gasteiger partial charge < -0.3 is 9.47 Å². The van der Waals surface area contributed by atoms with E-state index in [-0.39, 0.29) is 0 Å². The largest absolute Gasteiger partial charge is 0.379 e. The Morgan fingerprint density at radius 1 is 1.33 bits per heavy atom. The van der Waals surface area contributed by atoms with Crippen LogP contribution in [0.15, 0.2) is 0 Å². The second-order valence-corrected chi connectivity index (χ2v) is 4.73. The van der Waals surface area contributed by atoms with Crippen molar-refractivity contribution in [2.45, 2.75) is 31.4 Å². The van der Waals surface area contributed by atoms with Gasteiger partial charge >= 0.3 is 0 Å². The molecule has 1 aliphatic carbocycles. The van der Waals surface area contributed by atoms with Gasteiger partial charge in [-0.25, -0.2) is 0 Å². The topological polar surface area (TPSA) is 21.7 Å². The lowest BCUT2D eigenvalue weighted by atomic mass is 10.1. The second-order valence-electron chi connectivity index (χ2n) is 4.28. The molecule has 0 N–H and O–H groups in total. The fourth-order valence-electron chi connectivity index (χ4n) is 2.63. The highest BCUT2D eigenvalue weighted by atomic mass is 32.1. The van der Waals surface area contributed by atoms with Gasteiger partial charge in [0.05, 0.1) is 25.9 Å². The summed E-state index contributed by atoms with van der Waals surface area (Å²) in [5.74, 6) is 0.815. The lowest BCUT2D eigenvalue weighted by Crippen LogP contribution is -2.49. The first-order valence-electron chi connectivity index (χ1n) is 5.96. The Balaban J connectivity index is 1.71. The van der Waals surface area contributed by atoms with Crippen LogP contribution in [0.4, 0.5) is 0 Å². The number of morpholine rings is 1. The van der Waals surface area contributed by atoms with Crippen LogP contribution in [0.5, 0.6) is 0 Å². The van der Waals surface area contributed by atoms with Gasteiger partial charge in [0.25, 0.3) is 0 Å². The summed E-state index contributed by atoms with van der Waals surface area (Å²) >= 11 is 4.12. The number of hydrogen-bond donors (Lipinski definition) is 1. The van der Waals surface area contributed by atoms with Crippen molar-refractivity contribution in [1.82, 2.24) is 4.90 Å². The highest BCUT2D eigenvalue weighted by molar-refractivity contribution is 7.80. The SMILES string of the molecule is SCCOCCN1CCOC2CCCC21. The Kier molecular flexibility index (Phi) is 4.75. The Labute approximate surface area is 97.5 Å². The molecule has 0 aromatic carbocycles. The van der Waals surface area contributed by atoms with E-state index in [4.69, 9.17) is 9.47 Å². The molecule has 2 fully saturated rings. The maximum atomic E-state index is 5.76. The molecule has 1 heterocycles. The van der Waals surface area contributed by atoms with E-state index >= 15 is 0 Å². The number of hydrogen-bond acceptors (Lipinski definition) is 4. The first kappa shape index (κ1) is 11.7. The first-order chi connectivity index (χ1) is 7.42. The summed E-state index contributed by atoms with van der Waals surface area (Å²) in [7, 11) is 0. The summed E-state index contributed by atoms with van der Waals surface area (Å²) in [4.78, 5) is 2.54. The number of nitrogens with zero attached hydrogens (tertiary/aromatic N) is 1. The van der Waals surface area contributed by atoms with Gasteiger partial charge in [0.1, 0.15) is 0 Å². The molecule has 0 aromatic heterocycles. The lowest BCUT2D eigenvalue weighted by molar-refractivity contribution is -0.0621. The van der Waals surface area contributed by atoms with Crippen LogP contribution in [0.25, 0.3) is 0 Å². The molecule has 2 atom stereocenters. The number of fused-ring (bicyclic) bond motifs is 1. The maximum Gasteiger partial charge on any atom is 0.0730 e. The van der Waals surface area contributed by atoms with E-state index in [0.29, 0.717) is 12.1 Å². The third-order valence-corrected chi connectivity index (χ3v) is 3.54. The van der Waals surface area contributed by atoms with Crippen molar-refractivity contribution in [3.8, 4) is 0 Å². The summed E-state index contributed by atoms with van der Waals surface area (Å²) in [6.07, 6.45) is 4.38. The Hall–Kier alpha value is 0.230. The Bertz CT molecular complexity index is 191.